The summed E-state index contributed by atoms with van der Waals surface area (Å²) < 4.78 is 0. The second-order valence-corrected chi connectivity index (χ2v) is 4.99. The van der Waals surface area contributed by atoms with Crippen LogP contribution in [0.25, 0.3) is 0 Å². The fraction of sp³-hybridized carbons (Fsp3) is 0.467. The van der Waals surface area contributed by atoms with E-state index in [-0.39, 0.29) is 12.5 Å². The summed E-state index contributed by atoms with van der Waals surface area (Å²) in [5.74, 6) is -0.0985. The van der Waals surface area contributed by atoms with Crippen molar-refractivity contribution in [3.05, 3.63) is 29.8 Å². The first-order valence-electron chi connectivity index (χ1n) is 6.89. The van der Waals surface area contributed by atoms with E-state index in [0.29, 0.717) is 0 Å². The first-order chi connectivity index (χ1) is 9.24. The van der Waals surface area contributed by atoms with Gasteiger partial charge in [-0.2, -0.15) is 5.10 Å². The minimum atomic E-state index is -0.0985. The number of nitrogens with zero attached hydrogens (tertiary/aromatic N) is 1. The zero-order chi connectivity index (χ0) is 13.5. The highest BCUT2D eigenvalue weighted by molar-refractivity contribution is 5.87. The van der Waals surface area contributed by atoms with Crippen LogP contribution in [0.15, 0.2) is 29.4 Å². The van der Waals surface area contributed by atoms with Gasteiger partial charge in [-0.1, -0.05) is 24.1 Å². The zero-order valence-electron chi connectivity index (χ0n) is 11.4. The summed E-state index contributed by atoms with van der Waals surface area (Å²) in [4.78, 5) is 11.6. The molecule has 2 rings (SSSR count). The molecule has 1 aromatic rings. The second kappa shape index (κ2) is 6.92. The summed E-state index contributed by atoms with van der Waals surface area (Å²) in [7, 11) is 0. The molecule has 0 atom stereocenters. The van der Waals surface area contributed by atoms with Gasteiger partial charge in [0.2, 0.25) is 0 Å². The number of carbonyl (C=O) groups excluding carboxylic acids is 1. The molecule has 2 N–H and O–H groups in total. The molecule has 0 bridgehead atoms. The van der Waals surface area contributed by atoms with E-state index in [1.165, 1.54) is 24.8 Å². The third-order valence-electron chi connectivity index (χ3n) is 3.27. The van der Waals surface area contributed by atoms with Crippen molar-refractivity contribution in [1.82, 2.24) is 5.43 Å². The van der Waals surface area contributed by atoms with Gasteiger partial charge >= 0.3 is 0 Å². The van der Waals surface area contributed by atoms with Crippen molar-refractivity contribution >= 4 is 17.3 Å². The van der Waals surface area contributed by atoms with E-state index >= 15 is 0 Å². The summed E-state index contributed by atoms with van der Waals surface area (Å²) in [5, 5.41) is 7.26. The first-order valence-corrected chi connectivity index (χ1v) is 6.89. The highest BCUT2D eigenvalue weighted by Crippen LogP contribution is 2.14. The van der Waals surface area contributed by atoms with Crippen LogP contribution in [-0.4, -0.2) is 18.2 Å². The molecule has 4 nitrogen and oxygen atoms in total. The van der Waals surface area contributed by atoms with Crippen molar-refractivity contribution in [2.24, 2.45) is 5.10 Å². The van der Waals surface area contributed by atoms with Crippen molar-refractivity contribution < 1.29 is 4.79 Å². The fourth-order valence-corrected chi connectivity index (χ4v) is 2.11. The molecule has 0 radical (unpaired) electrons. The molecule has 1 fully saturated rings. The number of nitrogens with one attached hydrogen (secondary N) is 2. The van der Waals surface area contributed by atoms with Crippen LogP contribution in [0.3, 0.4) is 0 Å². The predicted molar refractivity (Wildman–Crippen MR) is 78.3 cm³/mol. The lowest BCUT2D eigenvalue weighted by atomic mass is 9.99. The summed E-state index contributed by atoms with van der Waals surface area (Å²) in [6.07, 6.45) is 5.70. The number of benzene rings is 1. The van der Waals surface area contributed by atoms with Gasteiger partial charge in [-0.25, -0.2) is 5.43 Å². The lowest BCUT2D eigenvalue weighted by Crippen LogP contribution is -2.27. The molecule has 0 saturated heterocycles. The topological polar surface area (TPSA) is 53.5 Å². The van der Waals surface area contributed by atoms with E-state index in [1.54, 1.807) is 0 Å². The number of rotatable bonds is 4. The van der Waals surface area contributed by atoms with Crippen molar-refractivity contribution in [1.29, 1.82) is 0 Å². The van der Waals surface area contributed by atoms with Crippen molar-refractivity contribution in [2.45, 2.75) is 39.0 Å². The summed E-state index contributed by atoms with van der Waals surface area (Å²) in [5.41, 5.74) is 5.90. The fourth-order valence-electron chi connectivity index (χ4n) is 2.11. The van der Waals surface area contributed by atoms with E-state index in [0.717, 1.165) is 24.2 Å². The number of hydrogen-bond donors (Lipinski definition) is 2. The normalized spacial score (nSPS) is 14.9. The molecule has 0 spiro atoms. The van der Waals surface area contributed by atoms with Crippen LogP contribution in [0.5, 0.6) is 0 Å². The minimum absolute atomic E-state index is 0.0985. The van der Waals surface area contributed by atoms with E-state index in [9.17, 15) is 4.79 Å². The summed E-state index contributed by atoms with van der Waals surface area (Å²) in [6, 6.07) is 7.97. The van der Waals surface area contributed by atoms with E-state index in [1.807, 2.05) is 31.2 Å². The van der Waals surface area contributed by atoms with Crippen LogP contribution in [-0.2, 0) is 4.79 Å². The molecular formula is C15H21N3O. The largest absolute Gasteiger partial charge is 0.376 e. The molecule has 0 heterocycles. The average molecular weight is 259 g/mol. The Hall–Kier alpha value is -1.84. The van der Waals surface area contributed by atoms with Gasteiger partial charge in [0.25, 0.3) is 5.91 Å². The van der Waals surface area contributed by atoms with E-state index in [4.69, 9.17) is 0 Å². The molecule has 1 aliphatic carbocycles. The van der Waals surface area contributed by atoms with Gasteiger partial charge in [0.15, 0.2) is 0 Å². The van der Waals surface area contributed by atoms with Gasteiger partial charge in [0, 0.05) is 11.4 Å². The molecule has 1 amide bonds. The number of aryl methyl sites for hydroxylation is 1. The Morgan fingerprint density at radius 3 is 2.53 bits per heavy atom. The molecule has 1 aliphatic rings. The van der Waals surface area contributed by atoms with Gasteiger partial charge in [-0.15, -0.1) is 0 Å². The highest BCUT2D eigenvalue weighted by atomic mass is 16.2. The molecule has 0 unspecified atom stereocenters. The van der Waals surface area contributed by atoms with Crippen molar-refractivity contribution in [3.63, 3.8) is 0 Å². The molecule has 4 heteroatoms. The summed E-state index contributed by atoms with van der Waals surface area (Å²) >= 11 is 0. The van der Waals surface area contributed by atoms with Gasteiger partial charge in [0.05, 0.1) is 6.54 Å². The lowest BCUT2D eigenvalue weighted by molar-refractivity contribution is -0.119. The lowest BCUT2D eigenvalue weighted by Gasteiger charge is -2.12. The minimum Gasteiger partial charge on any atom is -0.376 e. The molecule has 1 aromatic carbocycles. The number of carbonyl (C=O) groups is 1. The Labute approximate surface area is 114 Å². The Kier molecular flexibility index (Phi) is 4.95. The van der Waals surface area contributed by atoms with Gasteiger partial charge in [-0.3, -0.25) is 4.79 Å². The van der Waals surface area contributed by atoms with Crippen LogP contribution in [0, 0.1) is 6.92 Å². The third kappa shape index (κ3) is 4.73. The maximum atomic E-state index is 11.6. The number of amides is 1. The summed E-state index contributed by atoms with van der Waals surface area (Å²) in [6.45, 7) is 2.29. The Morgan fingerprint density at radius 2 is 1.84 bits per heavy atom. The molecular weight excluding hydrogens is 238 g/mol. The number of hydrogen-bond acceptors (Lipinski definition) is 3. The molecule has 0 aromatic heterocycles. The molecule has 19 heavy (non-hydrogen) atoms. The van der Waals surface area contributed by atoms with Crippen molar-refractivity contribution in [3.8, 4) is 0 Å². The average Bonchev–Trinajstić information content (AvgIpc) is 2.45. The Balaban J connectivity index is 1.73. The van der Waals surface area contributed by atoms with Gasteiger partial charge < -0.3 is 5.32 Å². The molecule has 102 valence electrons. The SMILES string of the molecule is Cc1ccc(NCC(=O)NN=C2CCCCC2)cc1. The Morgan fingerprint density at radius 1 is 1.16 bits per heavy atom. The maximum absolute atomic E-state index is 11.6. The monoisotopic (exact) mass is 259 g/mol. The molecule has 0 aliphatic heterocycles. The highest BCUT2D eigenvalue weighted by Gasteiger charge is 2.07. The van der Waals surface area contributed by atoms with E-state index < -0.39 is 0 Å². The second-order valence-electron chi connectivity index (χ2n) is 4.99. The number of anilines is 1. The number of hydrazone groups is 1. The van der Waals surface area contributed by atoms with E-state index in [2.05, 4.69) is 15.8 Å². The smallest absolute Gasteiger partial charge is 0.259 e. The Bertz CT molecular complexity index is 443. The van der Waals surface area contributed by atoms with Crippen LogP contribution >= 0.6 is 0 Å². The van der Waals surface area contributed by atoms with Crippen LogP contribution < -0.4 is 10.7 Å². The van der Waals surface area contributed by atoms with Crippen LogP contribution in [0.1, 0.15) is 37.7 Å². The predicted octanol–water partition coefficient (Wildman–Crippen LogP) is 2.84. The molecule has 1 saturated carbocycles. The first kappa shape index (κ1) is 13.6. The standard InChI is InChI=1S/C15H21N3O/c1-12-7-9-13(10-8-12)16-11-15(19)18-17-14-5-3-2-4-6-14/h7-10,16H,2-6,11H2,1H3,(H,18,19). The van der Waals surface area contributed by atoms with Crippen LogP contribution in [0.2, 0.25) is 0 Å². The zero-order valence-corrected chi connectivity index (χ0v) is 11.4. The van der Waals surface area contributed by atoms with Gasteiger partial charge in [-0.05, 0) is 44.7 Å². The van der Waals surface area contributed by atoms with Gasteiger partial charge in [0.1, 0.15) is 0 Å². The van der Waals surface area contributed by atoms with Crippen molar-refractivity contribution in [2.75, 3.05) is 11.9 Å². The maximum Gasteiger partial charge on any atom is 0.259 e. The van der Waals surface area contributed by atoms with Crippen LogP contribution in [0.4, 0.5) is 5.69 Å². The third-order valence-corrected chi connectivity index (χ3v) is 3.27. The quantitative estimate of drug-likeness (QED) is 0.817.